The fourth-order valence-corrected chi connectivity index (χ4v) is 1.33. The Bertz CT molecular complexity index is 93.3. The number of rotatable bonds is 3. The molecular formula is C8H16O2. The van der Waals surface area contributed by atoms with Crippen LogP contribution in [0.5, 0.6) is 0 Å². The largest absolute Gasteiger partial charge is 0.368 e. The Morgan fingerprint density at radius 3 is 2.80 bits per heavy atom. The Balaban J connectivity index is 2.06. The van der Waals surface area contributed by atoms with Crippen molar-refractivity contribution in [2.75, 3.05) is 0 Å². The minimum absolute atomic E-state index is 0.343. The van der Waals surface area contributed by atoms with Crippen molar-refractivity contribution in [1.82, 2.24) is 0 Å². The van der Waals surface area contributed by atoms with Crippen molar-refractivity contribution in [3.63, 3.8) is 0 Å². The van der Waals surface area contributed by atoms with Crippen molar-refractivity contribution in [3.8, 4) is 0 Å². The third-order valence-electron chi connectivity index (χ3n) is 1.96. The number of aliphatic hydroxyl groups excluding tert-OH is 1. The second kappa shape index (κ2) is 3.94. The number of hydrogen-bond donors (Lipinski definition) is 1. The molecule has 1 aliphatic heterocycles. The van der Waals surface area contributed by atoms with Gasteiger partial charge in [-0.3, -0.25) is 0 Å². The summed E-state index contributed by atoms with van der Waals surface area (Å²) in [7, 11) is 0. The van der Waals surface area contributed by atoms with Gasteiger partial charge in [-0.2, -0.15) is 0 Å². The Hall–Kier alpha value is -0.0800. The van der Waals surface area contributed by atoms with Crippen LogP contribution in [0.2, 0.25) is 0 Å². The Labute approximate surface area is 62.2 Å². The Morgan fingerprint density at radius 2 is 2.30 bits per heavy atom. The first kappa shape index (κ1) is 8.02. The average molecular weight is 144 g/mol. The summed E-state index contributed by atoms with van der Waals surface area (Å²) in [5.74, 6) is 0. The molecule has 1 N–H and O–H groups in total. The lowest BCUT2D eigenvalue weighted by Crippen LogP contribution is -2.09. The van der Waals surface area contributed by atoms with Crippen LogP contribution in [0.3, 0.4) is 0 Å². The van der Waals surface area contributed by atoms with E-state index < -0.39 is 6.29 Å². The smallest absolute Gasteiger partial charge is 0.154 e. The molecule has 0 saturated carbocycles. The maximum Gasteiger partial charge on any atom is 0.154 e. The Morgan fingerprint density at radius 1 is 1.50 bits per heavy atom. The first-order valence-electron chi connectivity index (χ1n) is 4.16. The molecule has 2 atom stereocenters. The predicted octanol–water partition coefficient (Wildman–Crippen LogP) is 1.67. The molecule has 2 nitrogen and oxygen atoms in total. The molecule has 0 spiro atoms. The summed E-state index contributed by atoms with van der Waals surface area (Å²) in [6.07, 6.45) is 5.30. The molecular weight excluding hydrogens is 128 g/mol. The van der Waals surface area contributed by atoms with Gasteiger partial charge in [0.1, 0.15) is 0 Å². The lowest BCUT2D eigenvalue weighted by Gasteiger charge is -2.08. The van der Waals surface area contributed by atoms with Gasteiger partial charge in [-0.1, -0.05) is 19.8 Å². The van der Waals surface area contributed by atoms with E-state index in [2.05, 4.69) is 6.92 Å². The number of aliphatic hydroxyl groups is 1. The minimum atomic E-state index is -0.471. The molecule has 0 aliphatic carbocycles. The van der Waals surface area contributed by atoms with Crippen LogP contribution in [0.1, 0.15) is 39.0 Å². The van der Waals surface area contributed by atoms with Gasteiger partial charge in [-0.25, -0.2) is 0 Å². The fourth-order valence-electron chi connectivity index (χ4n) is 1.33. The topological polar surface area (TPSA) is 29.5 Å². The van der Waals surface area contributed by atoms with E-state index in [1.165, 1.54) is 12.8 Å². The zero-order valence-corrected chi connectivity index (χ0v) is 6.55. The van der Waals surface area contributed by atoms with Gasteiger partial charge < -0.3 is 9.84 Å². The van der Waals surface area contributed by atoms with Crippen molar-refractivity contribution in [2.45, 2.75) is 51.4 Å². The van der Waals surface area contributed by atoms with Gasteiger partial charge in [0.25, 0.3) is 0 Å². The van der Waals surface area contributed by atoms with Crippen LogP contribution in [0.15, 0.2) is 0 Å². The van der Waals surface area contributed by atoms with Crippen molar-refractivity contribution >= 4 is 0 Å². The molecule has 1 rings (SSSR count). The maximum atomic E-state index is 8.98. The van der Waals surface area contributed by atoms with Crippen molar-refractivity contribution in [3.05, 3.63) is 0 Å². The number of unbranched alkanes of at least 4 members (excludes halogenated alkanes) is 1. The van der Waals surface area contributed by atoms with Crippen LogP contribution in [-0.4, -0.2) is 17.5 Å². The van der Waals surface area contributed by atoms with Gasteiger partial charge >= 0.3 is 0 Å². The molecule has 60 valence electrons. The van der Waals surface area contributed by atoms with E-state index >= 15 is 0 Å². The molecule has 1 saturated heterocycles. The molecule has 10 heavy (non-hydrogen) atoms. The SMILES string of the molecule is CCCCC1CCC(O)O1. The van der Waals surface area contributed by atoms with Gasteiger partial charge in [-0.05, 0) is 12.8 Å². The molecule has 0 radical (unpaired) electrons. The first-order valence-corrected chi connectivity index (χ1v) is 4.16. The van der Waals surface area contributed by atoms with Crippen LogP contribution >= 0.6 is 0 Å². The molecule has 0 aromatic carbocycles. The van der Waals surface area contributed by atoms with E-state index in [0.29, 0.717) is 6.10 Å². The lowest BCUT2D eigenvalue weighted by atomic mass is 10.1. The monoisotopic (exact) mass is 144 g/mol. The second-order valence-electron chi connectivity index (χ2n) is 2.93. The molecule has 0 aromatic heterocycles. The van der Waals surface area contributed by atoms with Gasteiger partial charge in [-0.15, -0.1) is 0 Å². The summed E-state index contributed by atoms with van der Waals surface area (Å²) in [5.41, 5.74) is 0. The molecule has 1 aliphatic rings. The molecule has 2 heteroatoms. The maximum absolute atomic E-state index is 8.98. The van der Waals surface area contributed by atoms with Crippen LogP contribution in [-0.2, 0) is 4.74 Å². The third-order valence-corrected chi connectivity index (χ3v) is 1.96. The normalized spacial score (nSPS) is 33.0. The summed E-state index contributed by atoms with van der Waals surface area (Å²) >= 11 is 0. The van der Waals surface area contributed by atoms with Gasteiger partial charge in [0.05, 0.1) is 6.10 Å². The van der Waals surface area contributed by atoms with E-state index in [-0.39, 0.29) is 0 Å². The number of hydrogen-bond acceptors (Lipinski definition) is 2. The van der Waals surface area contributed by atoms with Crippen molar-refractivity contribution in [1.29, 1.82) is 0 Å². The highest BCUT2D eigenvalue weighted by atomic mass is 16.6. The van der Waals surface area contributed by atoms with Crippen molar-refractivity contribution < 1.29 is 9.84 Å². The molecule has 0 aromatic rings. The van der Waals surface area contributed by atoms with E-state index in [9.17, 15) is 0 Å². The standard InChI is InChI=1S/C8H16O2/c1-2-3-4-7-5-6-8(9)10-7/h7-9H,2-6H2,1H3. The first-order chi connectivity index (χ1) is 4.83. The summed E-state index contributed by atoms with van der Waals surface area (Å²) in [6.45, 7) is 2.17. The summed E-state index contributed by atoms with van der Waals surface area (Å²) in [5, 5.41) is 8.98. The van der Waals surface area contributed by atoms with Crippen LogP contribution in [0, 0.1) is 0 Å². The van der Waals surface area contributed by atoms with Gasteiger partial charge in [0.15, 0.2) is 6.29 Å². The summed E-state index contributed by atoms with van der Waals surface area (Å²) in [6, 6.07) is 0. The van der Waals surface area contributed by atoms with E-state index in [1.54, 1.807) is 0 Å². The van der Waals surface area contributed by atoms with Crippen molar-refractivity contribution in [2.24, 2.45) is 0 Å². The van der Waals surface area contributed by atoms with Crippen LogP contribution in [0.4, 0.5) is 0 Å². The number of ether oxygens (including phenoxy) is 1. The molecule has 1 fully saturated rings. The predicted molar refractivity (Wildman–Crippen MR) is 39.6 cm³/mol. The quantitative estimate of drug-likeness (QED) is 0.653. The molecule has 0 amide bonds. The second-order valence-corrected chi connectivity index (χ2v) is 2.93. The lowest BCUT2D eigenvalue weighted by molar-refractivity contribution is -0.0919. The van der Waals surface area contributed by atoms with E-state index in [0.717, 1.165) is 19.3 Å². The van der Waals surface area contributed by atoms with Crippen LogP contribution < -0.4 is 0 Å². The average Bonchev–Trinajstić information content (AvgIpc) is 2.31. The van der Waals surface area contributed by atoms with E-state index in [1.807, 2.05) is 0 Å². The fraction of sp³-hybridized carbons (Fsp3) is 1.00. The zero-order valence-electron chi connectivity index (χ0n) is 6.55. The molecule has 0 bridgehead atoms. The van der Waals surface area contributed by atoms with E-state index in [4.69, 9.17) is 9.84 Å². The van der Waals surface area contributed by atoms with Gasteiger partial charge in [0, 0.05) is 6.42 Å². The Kier molecular flexibility index (Phi) is 3.16. The highest BCUT2D eigenvalue weighted by Crippen LogP contribution is 2.21. The molecule has 1 heterocycles. The van der Waals surface area contributed by atoms with Gasteiger partial charge in [0.2, 0.25) is 0 Å². The minimum Gasteiger partial charge on any atom is -0.368 e. The zero-order chi connectivity index (χ0) is 7.40. The summed E-state index contributed by atoms with van der Waals surface area (Å²) < 4.78 is 5.22. The third kappa shape index (κ3) is 2.27. The molecule has 2 unspecified atom stereocenters. The highest BCUT2D eigenvalue weighted by molar-refractivity contribution is 4.66. The summed E-state index contributed by atoms with van der Waals surface area (Å²) in [4.78, 5) is 0. The van der Waals surface area contributed by atoms with Crippen LogP contribution in [0.25, 0.3) is 0 Å². The highest BCUT2D eigenvalue weighted by Gasteiger charge is 2.21.